The van der Waals surface area contributed by atoms with Crippen LogP contribution in [-0.4, -0.2) is 31.2 Å². The number of aromatic amines is 2. The zero-order chi connectivity index (χ0) is 19.7. The van der Waals surface area contributed by atoms with Crippen LogP contribution in [0.3, 0.4) is 0 Å². The number of nitrogens with one attached hydrogen (secondary N) is 3. The van der Waals surface area contributed by atoms with E-state index in [9.17, 15) is 9.59 Å². The lowest BCUT2D eigenvalue weighted by Crippen LogP contribution is -2.14. The van der Waals surface area contributed by atoms with E-state index in [0.717, 1.165) is 10.8 Å². The number of hydrogen-bond acceptors (Lipinski definition) is 4. The minimum absolute atomic E-state index is 0.142. The molecule has 4 aromatic rings. The molecular weight excluding hydrogens is 374 g/mol. The first kappa shape index (κ1) is 18.1. The number of anilines is 1. The molecule has 28 heavy (non-hydrogen) atoms. The SMILES string of the molecule is Cc1ccc(-n2ccnc2SCC(=O)Nc2ccc3[nH]c(=O)[nH]c3c2)cc1C. The lowest BCUT2D eigenvalue weighted by Gasteiger charge is -2.10. The maximum Gasteiger partial charge on any atom is 0.323 e. The molecule has 0 spiro atoms. The first-order chi connectivity index (χ1) is 13.5. The van der Waals surface area contributed by atoms with Crippen LogP contribution in [-0.2, 0) is 4.79 Å². The number of rotatable bonds is 5. The van der Waals surface area contributed by atoms with Crippen molar-refractivity contribution in [2.75, 3.05) is 11.1 Å². The number of fused-ring (bicyclic) bond motifs is 1. The summed E-state index contributed by atoms with van der Waals surface area (Å²) in [5.41, 5.74) is 5.17. The van der Waals surface area contributed by atoms with Gasteiger partial charge in [-0.25, -0.2) is 9.78 Å². The Morgan fingerprint density at radius 1 is 1.11 bits per heavy atom. The Kier molecular flexibility index (Phi) is 4.79. The lowest BCUT2D eigenvalue weighted by molar-refractivity contribution is -0.113. The highest BCUT2D eigenvalue weighted by Crippen LogP contribution is 2.22. The van der Waals surface area contributed by atoms with Crippen LogP contribution in [0.1, 0.15) is 11.1 Å². The summed E-state index contributed by atoms with van der Waals surface area (Å²) in [6, 6.07) is 11.5. The predicted octanol–water partition coefficient (Wildman–Crippen LogP) is 3.39. The van der Waals surface area contributed by atoms with Gasteiger partial charge in [0.15, 0.2) is 5.16 Å². The van der Waals surface area contributed by atoms with Crippen LogP contribution in [0, 0.1) is 13.8 Å². The smallest absolute Gasteiger partial charge is 0.323 e. The summed E-state index contributed by atoms with van der Waals surface area (Å²) in [6.07, 6.45) is 3.62. The molecule has 142 valence electrons. The average Bonchev–Trinajstić information content (AvgIpc) is 3.27. The van der Waals surface area contributed by atoms with Gasteiger partial charge in [0.05, 0.1) is 16.8 Å². The van der Waals surface area contributed by atoms with Gasteiger partial charge in [0.1, 0.15) is 0 Å². The monoisotopic (exact) mass is 393 g/mol. The van der Waals surface area contributed by atoms with Gasteiger partial charge < -0.3 is 15.3 Å². The van der Waals surface area contributed by atoms with E-state index in [1.807, 2.05) is 16.8 Å². The Bertz CT molecular complexity index is 1220. The van der Waals surface area contributed by atoms with E-state index in [-0.39, 0.29) is 17.3 Å². The van der Waals surface area contributed by atoms with Gasteiger partial charge in [0, 0.05) is 23.8 Å². The summed E-state index contributed by atoms with van der Waals surface area (Å²) >= 11 is 1.37. The molecular formula is C20H19N5O2S. The van der Waals surface area contributed by atoms with Gasteiger partial charge in [-0.2, -0.15) is 0 Å². The zero-order valence-corrected chi connectivity index (χ0v) is 16.3. The Morgan fingerprint density at radius 3 is 2.75 bits per heavy atom. The van der Waals surface area contributed by atoms with Gasteiger partial charge in [-0.1, -0.05) is 17.8 Å². The minimum Gasteiger partial charge on any atom is -0.325 e. The standard InChI is InChI=1S/C20H19N5O2S/c1-12-3-5-15(9-13(12)2)25-8-7-21-20(25)28-11-18(26)22-14-4-6-16-17(10-14)24-19(27)23-16/h3-10H,11H2,1-2H3,(H,22,26)(H2,23,24,27). The molecule has 0 bridgehead atoms. The fraction of sp³-hybridized carbons (Fsp3) is 0.150. The number of aryl methyl sites for hydroxylation is 2. The largest absolute Gasteiger partial charge is 0.325 e. The van der Waals surface area contributed by atoms with Gasteiger partial charge in [0.25, 0.3) is 0 Å². The van der Waals surface area contributed by atoms with Gasteiger partial charge in [-0.05, 0) is 55.3 Å². The third-order valence-electron chi connectivity index (χ3n) is 4.51. The number of carbonyl (C=O) groups is 1. The molecule has 4 rings (SSSR count). The third kappa shape index (κ3) is 3.72. The zero-order valence-electron chi connectivity index (χ0n) is 15.4. The molecule has 7 nitrogen and oxygen atoms in total. The average molecular weight is 393 g/mol. The molecule has 3 N–H and O–H groups in total. The number of benzene rings is 2. The van der Waals surface area contributed by atoms with E-state index in [0.29, 0.717) is 16.7 Å². The fourth-order valence-electron chi connectivity index (χ4n) is 2.91. The van der Waals surface area contributed by atoms with Crippen molar-refractivity contribution in [2.24, 2.45) is 0 Å². The summed E-state index contributed by atoms with van der Waals surface area (Å²) < 4.78 is 1.97. The minimum atomic E-state index is -0.271. The second-order valence-electron chi connectivity index (χ2n) is 6.52. The molecule has 0 aliphatic heterocycles. The highest BCUT2D eigenvalue weighted by atomic mass is 32.2. The van der Waals surface area contributed by atoms with Crippen LogP contribution in [0.2, 0.25) is 0 Å². The number of hydrogen-bond donors (Lipinski definition) is 3. The van der Waals surface area contributed by atoms with Crippen molar-refractivity contribution in [3.05, 3.63) is 70.4 Å². The first-order valence-electron chi connectivity index (χ1n) is 8.75. The van der Waals surface area contributed by atoms with Gasteiger partial charge >= 0.3 is 5.69 Å². The molecule has 0 aliphatic rings. The van der Waals surface area contributed by atoms with Crippen LogP contribution >= 0.6 is 11.8 Å². The summed E-state index contributed by atoms with van der Waals surface area (Å²) in [4.78, 5) is 33.4. The number of carbonyl (C=O) groups excluding carboxylic acids is 1. The van der Waals surface area contributed by atoms with E-state index in [1.165, 1.54) is 22.9 Å². The predicted molar refractivity (Wildman–Crippen MR) is 111 cm³/mol. The van der Waals surface area contributed by atoms with E-state index in [1.54, 1.807) is 24.4 Å². The maximum atomic E-state index is 12.3. The van der Waals surface area contributed by atoms with Crippen molar-refractivity contribution in [2.45, 2.75) is 19.0 Å². The molecule has 2 heterocycles. The Labute approximate surface area is 165 Å². The van der Waals surface area contributed by atoms with Crippen molar-refractivity contribution < 1.29 is 4.79 Å². The molecule has 2 aromatic carbocycles. The quantitative estimate of drug-likeness (QED) is 0.453. The topological polar surface area (TPSA) is 95.6 Å². The van der Waals surface area contributed by atoms with Crippen LogP contribution in [0.25, 0.3) is 16.7 Å². The van der Waals surface area contributed by atoms with Crippen molar-refractivity contribution in [3.63, 3.8) is 0 Å². The Morgan fingerprint density at radius 2 is 1.93 bits per heavy atom. The molecule has 1 amide bonds. The van der Waals surface area contributed by atoms with Crippen molar-refractivity contribution in [1.82, 2.24) is 19.5 Å². The molecule has 0 atom stereocenters. The molecule has 0 aliphatic carbocycles. The summed E-state index contributed by atoms with van der Waals surface area (Å²) in [5, 5.41) is 3.60. The molecule has 0 unspecified atom stereocenters. The van der Waals surface area contributed by atoms with Crippen molar-refractivity contribution >= 4 is 34.4 Å². The maximum absolute atomic E-state index is 12.3. The summed E-state index contributed by atoms with van der Waals surface area (Å²) in [7, 11) is 0. The highest BCUT2D eigenvalue weighted by molar-refractivity contribution is 7.99. The highest BCUT2D eigenvalue weighted by Gasteiger charge is 2.10. The second-order valence-corrected chi connectivity index (χ2v) is 7.47. The first-order valence-corrected chi connectivity index (χ1v) is 9.74. The number of thioether (sulfide) groups is 1. The van der Waals surface area contributed by atoms with Crippen LogP contribution in [0.5, 0.6) is 0 Å². The fourth-order valence-corrected chi connectivity index (χ4v) is 3.68. The molecule has 2 aromatic heterocycles. The van der Waals surface area contributed by atoms with E-state index in [4.69, 9.17) is 0 Å². The lowest BCUT2D eigenvalue weighted by atomic mass is 10.1. The van der Waals surface area contributed by atoms with Gasteiger partial charge in [-0.3, -0.25) is 9.36 Å². The summed E-state index contributed by atoms with van der Waals surface area (Å²) in [5.74, 6) is 0.0840. The third-order valence-corrected chi connectivity index (χ3v) is 5.47. The molecule has 0 fully saturated rings. The van der Waals surface area contributed by atoms with Crippen LogP contribution in [0.15, 0.2) is 58.7 Å². The molecule has 0 saturated carbocycles. The summed E-state index contributed by atoms with van der Waals surface area (Å²) in [6.45, 7) is 4.15. The number of imidazole rings is 2. The number of H-pyrrole nitrogens is 2. The van der Waals surface area contributed by atoms with Crippen molar-refractivity contribution in [3.8, 4) is 5.69 Å². The molecule has 8 heteroatoms. The van der Waals surface area contributed by atoms with Gasteiger partial charge in [0.2, 0.25) is 5.91 Å². The van der Waals surface area contributed by atoms with Gasteiger partial charge in [-0.15, -0.1) is 0 Å². The van der Waals surface area contributed by atoms with Crippen LogP contribution in [0.4, 0.5) is 5.69 Å². The van der Waals surface area contributed by atoms with E-state index in [2.05, 4.69) is 46.2 Å². The molecule has 0 radical (unpaired) electrons. The van der Waals surface area contributed by atoms with E-state index >= 15 is 0 Å². The van der Waals surface area contributed by atoms with Crippen LogP contribution < -0.4 is 11.0 Å². The number of amides is 1. The molecule has 0 saturated heterocycles. The Balaban J connectivity index is 1.44. The Hall–Kier alpha value is -3.26. The number of nitrogens with zero attached hydrogens (tertiary/aromatic N) is 2. The van der Waals surface area contributed by atoms with E-state index < -0.39 is 0 Å². The normalized spacial score (nSPS) is 11.1. The number of aromatic nitrogens is 4. The van der Waals surface area contributed by atoms with Crippen molar-refractivity contribution in [1.29, 1.82) is 0 Å². The second kappa shape index (κ2) is 7.40.